The predicted molar refractivity (Wildman–Crippen MR) is 143 cm³/mol. The number of hydrogen-bond acceptors (Lipinski definition) is 3. The van der Waals surface area contributed by atoms with Crippen molar-refractivity contribution in [2.75, 3.05) is 6.54 Å². The van der Waals surface area contributed by atoms with E-state index in [4.69, 9.17) is 0 Å². The number of pyridine rings is 1. The van der Waals surface area contributed by atoms with E-state index in [1.807, 2.05) is 36.4 Å². The first-order valence-electron chi connectivity index (χ1n) is 12.5. The van der Waals surface area contributed by atoms with Gasteiger partial charge < -0.3 is 5.32 Å². The molecule has 0 fully saturated rings. The summed E-state index contributed by atoms with van der Waals surface area (Å²) < 4.78 is 42.2. The van der Waals surface area contributed by atoms with Gasteiger partial charge in [-0.1, -0.05) is 60.7 Å². The van der Waals surface area contributed by atoms with Crippen molar-refractivity contribution in [3.05, 3.63) is 138 Å². The van der Waals surface area contributed by atoms with Crippen LogP contribution in [-0.4, -0.2) is 27.2 Å². The largest absolute Gasteiger partial charge is 0.433 e. The maximum atomic E-state index is 13.8. The Kier molecular flexibility index (Phi) is 7.54. The Balaban J connectivity index is 1.30. The molecule has 0 saturated carbocycles. The predicted octanol–water partition coefficient (Wildman–Crippen LogP) is 6.91. The van der Waals surface area contributed by atoms with Gasteiger partial charge in [-0.15, -0.1) is 0 Å². The lowest BCUT2D eigenvalue weighted by Gasteiger charge is -2.18. The average Bonchev–Trinajstić information content (AvgIpc) is 3.43. The van der Waals surface area contributed by atoms with Crippen molar-refractivity contribution in [2.45, 2.75) is 18.5 Å². The minimum atomic E-state index is -4.61. The highest BCUT2D eigenvalue weighted by molar-refractivity contribution is 5.94. The molecule has 0 aliphatic rings. The number of halogens is 3. The van der Waals surface area contributed by atoms with Gasteiger partial charge in [0.2, 0.25) is 0 Å². The summed E-state index contributed by atoms with van der Waals surface area (Å²) in [6.45, 7) is 0.431. The van der Waals surface area contributed by atoms with Crippen LogP contribution in [0.3, 0.4) is 0 Å². The van der Waals surface area contributed by atoms with Crippen LogP contribution in [-0.2, 0) is 6.18 Å². The third kappa shape index (κ3) is 6.06. The summed E-state index contributed by atoms with van der Waals surface area (Å²) >= 11 is 0. The van der Waals surface area contributed by atoms with E-state index in [2.05, 4.69) is 39.7 Å². The number of rotatable bonds is 8. The zero-order valence-corrected chi connectivity index (χ0v) is 20.8. The first-order chi connectivity index (χ1) is 18.9. The van der Waals surface area contributed by atoms with Crippen LogP contribution in [0.5, 0.6) is 0 Å². The van der Waals surface area contributed by atoms with Gasteiger partial charge in [0.1, 0.15) is 5.69 Å². The minimum absolute atomic E-state index is 0.115. The summed E-state index contributed by atoms with van der Waals surface area (Å²) in [5.74, 6) is -0.182. The zero-order chi connectivity index (χ0) is 27.2. The molecule has 0 aliphatic heterocycles. The van der Waals surface area contributed by atoms with Crippen LogP contribution in [0.4, 0.5) is 13.2 Å². The summed E-state index contributed by atoms with van der Waals surface area (Å²) in [5.41, 5.74) is 2.59. The molecule has 2 heterocycles. The van der Waals surface area contributed by atoms with Crippen LogP contribution in [0.2, 0.25) is 0 Å². The van der Waals surface area contributed by atoms with Gasteiger partial charge in [-0.25, -0.2) is 4.68 Å². The highest BCUT2D eigenvalue weighted by atomic mass is 19.4. The van der Waals surface area contributed by atoms with Crippen molar-refractivity contribution in [3.8, 4) is 16.9 Å². The molecule has 8 heteroatoms. The van der Waals surface area contributed by atoms with E-state index in [-0.39, 0.29) is 23.2 Å². The quantitative estimate of drug-likeness (QED) is 0.239. The Labute approximate surface area is 224 Å². The molecule has 2 aromatic heterocycles. The molecule has 196 valence electrons. The third-order valence-corrected chi connectivity index (χ3v) is 6.45. The summed E-state index contributed by atoms with van der Waals surface area (Å²) in [7, 11) is 0. The number of carbonyl (C=O) groups excluding carboxylic acids is 1. The first-order valence-corrected chi connectivity index (χ1v) is 12.5. The zero-order valence-electron chi connectivity index (χ0n) is 20.8. The van der Waals surface area contributed by atoms with E-state index in [9.17, 15) is 18.0 Å². The van der Waals surface area contributed by atoms with E-state index in [1.165, 1.54) is 30.5 Å². The second-order valence-corrected chi connectivity index (χ2v) is 9.03. The van der Waals surface area contributed by atoms with E-state index in [0.29, 0.717) is 24.1 Å². The van der Waals surface area contributed by atoms with Crippen LogP contribution in [0.1, 0.15) is 39.5 Å². The van der Waals surface area contributed by atoms with Gasteiger partial charge in [0.05, 0.1) is 11.4 Å². The van der Waals surface area contributed by atoms with Crippen molar-refractivity contribution in [2.24, 2.45) is 0 Å². The van der Waals surface area contributed by atoms with Gasteiger partial charge in [0.25, 0.3) is 5.91 Å². The van der Waals surface area contributed by atoms with Crippen LogP contribution >= 0.6 is 0 Å². The first kappa shape index (κ1) is 25.9. The molecular formula is C31H25F3N4O. The van der Waals surface area contributed by atoms with E-state index in [1.54, 1.807) is 18.3 Å². The van der Waals surface area contributed by atoms with Crippen LogP contribution in [0, 0.1) is 0 Å². The second-order valence-electron chi connectivity index (χ2n) is 9.03. The molecule has 5 aromatic rings. The number of alkyl halides is 3. The molecule has 0 atom stereocenters. The molecule has 0 bridgehead atoms. The average molecular weight is 527 g/mol. The molecule has 5 nitrogen and oxygen atoms in total. The van der Waals surface area contributed by atoms with Crippen molar-refractivity contribution >= 4 is 5.91 Å². The number of benzene rings is 3. The maximum Gasteiger partial charge on any atom is 0.433 e. The van der Waals surface area contributed by atoms with Crippen molar-refractivity contribution in [1.29, 1.82) is 0 Å². The monoisotopic (exact) mass is 526 g/mol. The number of carbonyl (C=O) groups is 1. The van der Waals surface area contributed by atoms with Gasteiger partial charge >= 0.3 is 6.18 Å². The van der Waals surface area contributed by atoms with Gasteiger partial charge in [0.15, 0.2) is 0 Å². The lowest BCUT2D eigenvalue weighted by atomic mass is 9.88. The summed E-state index contributed by atoms with van der Waals surface area (Å²) in [6.07, 6.45) is -0.923. The summed E-state index contributed by atoms with van der Waals surface area (Å²) in [4.78, 5) is 16.8. The summed E-state index contributed by atoms with van der Waals surface area (Å²) in [5, 5.41) is 7.12. The standard InChI is InChI=1S/C31H25F3N4O/c32-31(33,34)29-20-28(25-12-7-18-35-21-25)37-38(29)26-15-13-24(14-16-26)30(39)36-19-17-27(22-8-3-1-4-9-22)23-10-5-2-6-11-23/h1-16,18,20-21,27H,17,19H2,(H,36,39). The molecular weight excluding hydrogens is 501 g/mol. The molecule has 1 amide bonds. The molecule has 0 aliphatic carbocycles. The lowest BCUT2D eigenvalue weighted by Crippen LogP contribution is -2.26. The second kappa shape index (κ2) is 11.3. The molecule has 0 unspecified atom stereocenters. The Hall–Kier alpha value is -4.72. The van der Waals surface area contributed by atoms with Crippen LogP contribution < -0.4 is 5.32 Å². The van der Waals surface area contributed by atoms with Gasteiger partial charge in [-0.2, -0.15) is 18.3 Å². The normalized spacial score (nSPS) is 11.5. The fourth-order valence-corrected chi connectivity index (χ4v) is 4.52. The molecule has 0 radical (unpaired) electrons. The molecule has 0 spiro atoms. The smallest absolute Gasteiger partial charge is 0.352 e. The van der Waals surface area contributed by atoms with Gasteiger partial charge in [-0.3, -0.25) is 9.78 Å². The van der Waals surface area contributed by atoms with Crippen LogP contribution in [0.15, 0.2) is 116 Å². The Morgan fingerprint density at radius 1 is 0.846 bits per heavy atom. The molecule has 39 heavy (non-hydrogen) atoms. The highest BCUT2D eigenvalue weighted by Crippen LogP contribution is 2.34. The number of amides is 1. The van der Waals surface area contributed by atoms with Crippen molar-refractivity contribution in [3.63, 3.8) is 0 Å². The molecule has 1 N–H and O–H groups in total. The highest BCUT2D eigenvalue weighted by Gasteiger charge is 2.36. The Morgan fingerprint density at radius 2 is 1.49 bits per heavy atom. The van der Waals surface area contributed by atoms with Gasteiger partial charge in [-0.05, 0) is 60.0 Å². The minimum Gasteiger partial charge on any atom is -0.352 e. The number of hydrogen-bond donors (Lipinski definition) is 1. The van der Waals surface area contributed by atoms with Gasteiger partial charge in [0, 0.05) is 36.0 Å². The topological polar surface area (TPSA) is 59.8 Å². The van der Waals surface area contributed by atoms with Crippen molar-refractivity contribution < 1.29 is 18.0 Å². The third-order valence-electron chi connectivity index (χ3n) is 6.45. The van der Waals surface area contributed by atoms with E-state index >= 15 is 0 Å². The molecule has 5 rings (SSSR count). The number of aromatic nitrogens is 3. The van der Waals surface area contributed by atoms with E-state index < -0.39 is 11.9 Å². The Bertz CT molecular complexity index is 1480. The summed E-state index contributed by atoms with van der Waals surface area (Å²) in [6, 6.07) is 30.4. The Morgan fingerprint density at radius 3 is 2.05 bits per heavy atom. The molecule has 3 aromatic carbocycles. The number of nitrogens with one attached hydrogen (secondary N) is 1. The lowest BCUT2D eigenvalue weighted by molar-refractivity contribution is -0.142. The maximum absolute atomic E-state index is 13.8. The van der Waals surface area contributed by atoms with Crippen LogP contribution in [0.25, 0.3) is 16.9 Å². The fourth-order valence-electron chi connectivity index (χ4n) is 4.52. The fraction of sp³-hybridized carbons (Fsp3) is 0.129. The van der Waals surface area contributed by atoms with E-state index in [0.717, 1.165) is 21.9 Å². The SMILES string of the molecule is O=C(NCCC(c1ccccc1)c1ccccc1)c1ccc(-n2nc(-c3cccnc3)cc2C(F)(F)F)cc1. The van der Waals surface area contributed by atoms with Crippen molar-refractivity contribution in [1.82, 2.24) is 20.1 Å². The number of nitrogens with zero attached hydrogens (tertiary/aromatic N) is 3. The molecule has 0 saturated heterocycles.